The Bertz CT molecular complexity index is 987. The molecule has 2 amide bonds. The molecule has 0 aliphatic rings. The van der Waals surface area contributed by atoms with Crippen molar-refractivity contribution in [2.24, 2.45) is 0 Å². The fourth-order valence-corrected chi connectivity index (χ4v) is 2.95. The Morgan fingerprint density at radius 1 is 0.914 bits per heavy atom. The van der Waals surface area contributed by atoms with Gasteiger partial charge < -0.3 is 20.1 Å². The van der Waals surface area contributed by atoms with E-state index >= 15 is 0 Å². The van der Waals surface area contributed by atoms with Crippen molar-refractivity contribution >= 4 is 18.0 Å². The molecule has 2 aromatic rings. The third-order valence-electron chi connectivity index (χ3n) is 4.63. The van der Waals surface area contributed by atoms with E-state index in [0.717, 1.165) is 17.7 Å². The van der Waals surface area contributed by atoms with E-state index in [4.69, 9.17) is 9.47 Å². The lowest BCUT2D eigenvalue weighted by Gasteiger charge is -2.21. The third-order valence-corrected chi connectivity index (χ3v) is 4.63. The molecule has 0 fully saturated rings. The van der Waals surface area contributed by atoms with Crippen LogP contribution in [0, 0.1) is 0 Å². The zero-order chi connectivity index (χ0) is 26.1. The van der Waals surface area contributed by atoms with Crippen LogP contribution < -0.4 is 10.6 Å². The van der Waals surface area contributed by atoms with Gasteiger partial charge in [0.2, 0.25) is 5.91 Å². The molecule has 2 aromatic carbocycles. The van der Waals surface area contributed by atoms with Gasteiger partial charge in [0.05, 0.1) is 5.56 Å². The Hall–Kier alpha value is -3.56. The van der Waals surface area contributed by atoms with Crippen molar-refractivity contribution in [3.05, 3.63) is 71.3 Å². The zero-order valence-electron chi connectivity index (χ0n) is 19.8. The minimum Gasteiger partial charge on any atom is -0.460 e. The molecule has 190 valence electrons. The highest BCUT2D eigenvalue weighted by atomic mass is 19.4. The van der Waals surface area contributed by atoms with Crippen LogP contribution in [-0.4, -0.2) is 29.6 Å². The van der Waals surface area contributed by atoms with Crippen LogP contribution in [0.2, 0.25) is 0 Å². The van der Waals surface area contributed by atoms with E-state index in [1.54, 1.807) is 45.0 Å². The fraction of sp³-hybridized carbons (Fsp3) is 0.400. The molecule has 7 nitrogen and oxygen atoms in total. The van der Waals surface area contributed by atoms with Gasteiger partial charge in [0, 0.05) is 13.0 Å². The standard InChI is InChI=1S/C25H29F3N2O5/c1-24(2,3)35-21(31)14-13-20(30-23(33)34-16-18-7-5-4-6-8-18)22(32)29-15-17-9-11-19(12-10-17)25(26,27)28/h4-12,20H,13-16H2,1-3H3,(H,29,32)(H,30,33)/t20-/m1/s1. The maximum absolute atomic E-state index is 12.7. The first-order valence-corrected chi connectivity index (χ1v) is 11.0. The number of halogens is 3. The average molecular weight is 495 g/mol. The normalized spacial score (nSPS) is 12.4. The van der Waals surface area contributed by atoms with Crippen molar-refractivity contribution in [1.82, 2.24) is 10.6 Å². The number of ether oxygens (including phenoxy) is 2. The second kappa shape index (κ2) is 12.2. The minimum absolute atomic E-state index is 0.0152. The molecule has 0 aliphatic heterocycles. The van der Waals surface area contributed by atoms with Crippen molar-refractivity contribution in [2.45, 2.75) is 64.6 Å². The molecule has 0 saturated heterocycles. The van der Waals surface area contributed by atoms with E-state index in [-0.39, 0.29) is 26.0 Å². The van der Waals surface area contributed by atoms with Crippen LogP contribution >= 0.6 is 0 Å². The monoisotopic (exact) mass is 494 g/mol. The molecule has 1 atom stereocenters. The number of hydrogen-bond acceptors (Lipinski definition) is 5. The lowest BCUT2D eigenvalue weighted by atomic mass is 10.1. The molecule has 0 unspecified atom stereocenters. The van der Waals surface area contributed by atoms with Crippen LogP contribution in [0.3, 0.4) is 0 Å². The summed E-state index contributed by atoms with van der Waals surface area (Å²) in [5.74, 6) is -1.16. The minimum atomic E-state index is -4.46. The van der Waals surface area contributed by atoms with Crippen LogP contribution in [0.5, 0.6) is 0 Å². The van der Waals surface area contributed by atoms with Gasteiger partial charge in [-0.2, -0.15) is 13.2 Å². The molecule has 0 aliphatic carbocycles. The second-order valence-corrected chi connectivity index (χ2v) is 8.80. The predicted octanol–water partition coefficient (Wildman–Crippen LogP) is 4.74. The summed E-state index contributed by atoms with van der Waals surface area (Å²) >= 11 is 0. The van der Waals surface area contributed by atoms with Gasteiger partial charge in [-0.1, -0.05) is 42.5 Å². The number of carbonyl (C=O) groups is 3. The summed E-state index contributed by atoms with van der Waals surface area (Å²) < 4.78 is 48.6. The molecule has 35 heavy (non-hydrogen) atoms. The van der Waals surface area contributed by atoms with E-state index in [1.165, 1.54) is 12.1 Å². The van der Waals surface area contributed by atoms with Gasteiger partial charge in [-0.05, 0) is 50.5 Å². The van der Waals surface area contributed by atoms with E-state index < -0.39 is 41.4 Å². The van der Waals surface area contributed by atoms with Crippen LogP contribution in [0.15, 0.2) is 54.6 Å². The third kappa shape index (κ3) is 10.5. The Morgan fingerprint density at radius 3 is 2.11 bits per heavy atom. The molecule has 0 spiro atoms. The van der Waals surface area contributed by atoms with Gasteiger partial charge in [0.15, 0.2) is 0 Å². The average Bonchev–Trinajstić information content (AvgIpc) is 2.78. The van der Waals surface area contributed by atoms with Gasteiger partial charge in [0.25, 0.3) is 0 Å². The number of amides is 2. The van der Waals surface area contributed by atoms with Crippen LogP contribution in [-0.2, 0) is 38.4 Å². The molecule has 2 rings (SSSR count). The Labute approximate surface area is 202 Å². The van der Waals surface area contributed by atoms with E-state index in [1.807, 2.05) is 6.07 Å². The highest BCUT2D eigenvalue weighted by molar-refractivity contribution is 5.86. The number of rotatable bonds is 9. The topological polar surface area (TPSA) is 93.7 Å². The summed E-state index contributed by atoms with van der Waals surface area (Å²) in [6.07, 6.45) is -5.52. The van der Waals surface area contributed by atoms with Gasteiger partial charge in [0.1, 0.15) is 18.2 Å². The molecular weight excluding hydrogens is 465 g/mol. The van der Waals surface area contributed by atoms with E-state index in [2.05, 4.69) is 10.6 Å². The first-order chi connectivity index (χ1) is 16.3. The SMILES string of the molecule is CC(C)(C)OC(=O)CC[C@@H](NC(=O)OCc1ccccc1)C(=O)NCc1ccc(C(F)(F)F)cc1. The Kier molecular flexibility index (Phi) is 9.68. The highest BCUT2D eigenvalue weighted by Crippen LogP contribution is 2.29. The summed E-state index contributed by atoms with van der Waals surface area (Å²) in [5.41, 5.74) is -0.325. The number of esters is 1. The van der Waals surface area contributed by atoms with Crippen LogP contribution in [0.4, 0.5) is 18.0 Å². The van der Waals surface area contributed by atoms with E-state index in [9.17, 15) is 27.6 Å². The predicted molar refractivity (Wildman–Crippen MR) is 122 cm³/mol. The maximum atomic E-state index is 12.7. The van der Waals surface area contributed by atoms with Crippen molar-refractivity contribution in [2.75, 3.05) is 0 Å². The van der Waals surface area contributed by atoms with Crippen molar-refractivity contribution < 1.29 is 37.0 Å². The zero-order valence-corrected chi connectivity index (χ0v) is 19.8. The van der Waals surface area contributed by atoms with Gasteiger partial charge >= 0.3 is 18.2 Å². The summed E-state index contributed by atoms with van der Waals surface area (Å²) in [5, 5.41) is 5.01. The van der Waals surface area contributed by atoms with Gasteiger partial charge in [-0.25, -0.2) is 4.79 Å². The van der Waals surface area contributed by atoms with Crippen LogP contribution in [0.1, 0.15) is 50.3 Å². The summed E-state index contributed by atoms with van der Waals surface area (Å²) in [7, 11) is 0. The number of hydrogen-bond donors (Lipinski definition) is 2. The molecule has 0 heterocycles. The maximum Gasteiger partial charge on any atom is 0.416 e. The summed E-state index contributed by atoms with van der Waals surface area (Å²) in [6, 6.07) is 12.1. The molecule has 2 N–H and O–H groups in total. The molecule has 0 saturated carbocycles. The Morgan fingerprint density at radius 2 is 1.54 bits per heavy atom. The lowest BCUT2D eigenvalue weighted by molar-refractivity contribution is -0.155. The van der Waals surface area contributed by atoms with E-state index in [0.29, 0.717) is 5.56 Å². The number of carbonyl (C=O) groups excluding carboxylic acids is 3. The first kappa shape index (κ1) is 27.7. The second-order valence-electron chi connectivity index (χ2n) is 8.80. The Balaban J connectivity index is 1.98. The summed E-state index contributed by atoms with van der Waals surface area (Å²) in [4.78, 5) is 37.1. The van der Waals surface area contributed by atoms with Crippen molar-refractivity contribution in [3.63, 3.8) is 0 Å². The quantitative estimate of drug-likeness (QED) is 0.492. The van der Waals surface area contributed by atoms with Gasteiger partial charge in [-0.15, -0.1) is 0 Å². The molecular formula is C25H29F3N2O5. The van der Waals surface area contributed by atoms with Crippen LogP contribution in [0.25, 0.3) is 0 Å². The first-order valence-electron chi connectivity index (χ1n) is 11.0. The smallest absolute Gasteiger partial charge is 0.416 e. The summed E-state index contributed by atoms with van der Waals surface area (Å²) in [6.45, 7) is 5.04. The fourth-order valence-electron chi connectivity index (χ4n) is 2.95. The van der Waals surface area contributed by atoms with Crippen molar-refractivity contribution in [1.29, 1.82) is 0 Å². The van der Waals surface area contributed by atoms with Gasteiger partial charge in [-0.3, -0.25) is 9.59 Å². The van der Waals surface area contributed by atoms with Crippen molar-refractivity contribution in [3.8, 4) is 0 Å². The number of alkyl halides is 3. The molecule has 10 heteroatoms. The molecule has 0 bridgehead atoms. The number of benzene rings is 2. The number of alkyl carbamates (subject to hydrolysis) is 1. The lowest BCUT2D eigenvalue weighted by Crippen LogP contribution is -2.47. The molecule has 0 aromatic heterocycles. The largest absolute Gasteiger partial charge is 0.460 e. The molecule has 0 radical (unpaired) electrons. The number of nitrogens with one attached hydrogen (secondary N) is 2. The highest BCUT2D eigenvalue weighted by Gasteiger charge is 2.30.